The molecule has 41 heavy (non-hydrogen) atoms. The molecule has 3 fully saturated rings. The van der Waals surface area contributed by atoms with Gasteiger partial charge in [-0.05, 0) is 46.1 Å². The van der Waals surface area contributed by atoms with Gasteiger partial charge in [0.15, 0.2) is 5.65 Å². The summed E-state index contributed by atoms with van der Waals surface area (Å²) in [6, 6.07) is 5.04. The van der Waals surface area contributed by atoms with Gasteiger partial charge in [0.25, 0.3) is 5.69 Å². The maximum atomic E-state index is 12.7. The highest BCUT2D eigenvalue weighted by Gasteiger charge is 2.43. The average Bonchev–Trinajstić information content (AvgIpc) is 3.65. The highest BCUT2D eigenvalue weighted by molar-refractivity contribution is 5.90. The Morgan fingerprint density at radius 2 is 1.90 bits per heavy atom. The van der Waals surface area contributed by atoms with E-state index < -0.39 is 10.5 Å². The number of likely N-dealkylation sites (tertiary alicyclic amines) is 1. The molecule has 0 spiro atoms. The molecule has 0 radical (unpaired) electrons. The molecule has 3 aromatic rings. The lowest BCUT2D eigenvalue weighted by atomic mass is 10.0. The first-order chi connectivity index (χ1) is 19.6. The predicted molar refractivity (Wildman–Crippen MR) is 153 cm³/mol. The van der Waals surface area contributed by atoms with Crippen molar-refractivity contribution in [1.82, 2.24) is 24.4 Å². The standard InChI is InChI=1S/C28H36N8O5/c1-28(2,3)41-27(37)34-14-18-12-33(13-19(18)15-34)26-31-23(17-8-9-20(29-4)21(11-17)36(38)39)24-25(32-26)35(16-30-24)22-7-5-6-10-40-22/h8-9,11,16,18-19,22,29H,5-7,10,12-15H2,1-4H3. The monoisotopic (exact) mass is 564 g/mol. The van der Waals surface area contributed by atoms with Gasteiger partial charge >= 0.3 is 6.09 Å². The van der Waals surface area contributed by atoms with Crippen LogP contribution in [0.1, 0.15) is 46.3 Å². The van der Waals surface area contributed by atoms with E-state index in [0.717, 1.165) is 19.3 Å². The largest absolute Gasteiger partial charge is 0.444 e. The number of hydrogen-bond donors (Lipinski definition) is 1. The minimum Gasteiger partial charge on any atom is -0.444 e. The Balaban J connectivity index is 1.35. The van der Waals surface area contributed by atoms with Gasteiger partial charge in [0.05, 0.1) is 11.3 Å². The summed E-state index contributed by atoms with van der Waals surface area (Å²) in [6.07, 6.45) is 4.21. The van der Waals surface area contributed by atoms with Crippen molar-refractivity contribution in [3.8, 4) is 11.3 Å². The molecule has 3 unspecified atom stereocenters. The molecule has 1 aromatic carbocycles. The number of anilines is 2. The Morgan fingerprint density at radius 3 is 2.54 bits per heavy atom. The molecule has 0 bridgehead atoms. The summed E-state index contributed by atoms with van der Waals surface area (Å²) in [7, 11) is 1.66. The molecule has 0 aliphatic carbocycles. The Kier molecular flexibility index (Phi) is 6.92. The average molecular weight is 565 g/mol. The molecule has 13 heteroatoms. The maximum Gasteiger partial charge on any atom is 0.410 e. The van der Waals surface area contributed by atoms with E-state index >= 15 is 0 Å². The van der Waals surface area contributed by atoms with Crippen molar-refractivity contribution in [2.24, 2.45) is 11.8 Å². The number of fused-ring (bicyclic) bond motifs is 2. The summed E-state index contributed by atoms with van der Waals surface area (Å²) in [5, 5.41) is 14.7. The second kappa shape index (κ2) is 10.4. The third kappa shape index (κ3) is 5.25. The molecule has 6 rings (SSSR count). The fraction of sp³-hybridized carbons (Fsp3) is 0.571. The minimum atomic E-state index is -0.536. The number of amides is 1. The van der Waals surface area contributed by atoms with Gasteiger partial charge in [-0.3, -0.25) is 14.7 Å². The molecule has 3 saturated heterocycles. The first-order valence-corrected chi connectivity index (χ1v) is 14.2. The zero-order valence-electron chi connectivity index (χ0n) is 23.9. The smallest absolute Gasteiger partial charge is 0.410 e. The van der Waals surface area contributed by atoms with Crippen LogP contribution in [0, 0.1) is 22.0 Å². The van der Waals surface area contributed by atoms with Crippen LogP contribution in [0.2, 0.25) is 0 Å². The van der Waals surface area contributed by atoms with Crippen LogP contribution in [0.5, 0.6) is 0 Å². The summed E-state index contributed by atoms with van der Waals surface area (Å²) in [5.74, 6) is 1.09. The normalized spacial score (nSPS) is 22.7. The van der Waals surface area contributed by atoms with Crippen molar-refractivity contribution in [3.05, 3.63) is 34.6 Å². The number of rotatable bonds is 5. The number of benzene rings is 1. The van der Waals surface area contributed by atoms with Crippen molar-refractivity contribution >= 4 is 34.6 Å². The summed E-state index contributed by atoms with van der Waals surface area (Å²) in [4.78, 5) is 42.6. The van der Waals surface area contributed by atoms with Crippen LogP contribution < -0.4 is 10.2 Å². The Hall–Kier alpha value is -4.00. The summed E-state index contributed by atoms with van der Waals surface area (Å²) < 4.78 is 13.6. The molecule has 218 valence electrons. The number of aromatic nitrogens is 4. The van der Waals surface area contributed by atoms with Crippen LogP contribution >= 0.6 is 0 Å². The van der Waals surface area contributed by atoms with Crippen molar-refractivity contribution in [1.29, 1.82) is 0 Å². The third-order valence-corrected chi connectivity index (χ3v) is 8.03. The van der Waals surface area contributed by atoms with Crippen molar-refractivity contribution in [2.75, 3.05) is 50.1 Å². The van der Waals surface area contributed by atoms with E-state index in [1.54, 1.807) is 24.3 Å². The van der Waals surface area contributed by atoms with E-state index in [4.69, 9.17) is 19.4 Å². The van der Waals surface area contributed by atoms with Gasteiger partial charge in [0.2, 0.25) is 5.95 Å². The van der Waals surface area contributed by atoms with Crippen LogP contribution in [0.25, 0.3) is 22.4 Å². The highest BCUT2D eigenvalue weighted by atomic mass is 16.6. The van der Waals surface area contributed by atoms with Gasteiger partial charge in [0, 0.05) is 63.3 Å². The SMILES string of the molecule is CNc1ccc(-c2nc(N3CC4CN(C(=O)OC(C)(C)C)CC4C3)nc3c2ncn3C2CCCCO2)cc1[N+](=O)[O-]. The number of nitrogens with zero attached hydrogens (tertiary/aromatic N) is 7. The first kappa shape index (κ1) is 27.2. The Morgan fingerprint density at radius 1 is 1.15 bits per heavy atom. The van der Waals surface area contributed by atoms with Gasteiger partial charge in [-0.15, -0.1) is 0 Å². The lowest BCUT2D eigenvalue weighted by molar-refractivity contribution is -0.383. The minimum absolute atomic E-state index is 0.0358. The lowest BCUT2D eigenvalue weighted by Gasteiger charge is -2.26. The van der Waals surface area contributed by atoms with E-state index in [2.05, 4.69) is 15.2 Å². The van der Waals surface area contributed by atoms with Gasteiger partial charge in [-0.25, -0.2) is 14.8 Å². The van der Waals surface area contributed by atoms with Gasteiger partial charge in [-0.1, -0.05) is 6.07 Å². The summed E-state index contributed by atoms with van der Waals surface area (Å²) >= 11 is 0. The van der Waals surface area contributed by atoms with Gasteiger partial charge in [-0.2, -0.15) is 4.98 Å². The summed E-state index contributed by atoms with van der Waals surface area (Å²) in [6.45, 7) is 8.93. The van der Waals surface area contributed by atoms with E-state index in [-0.39, 0.29) is 29.8 Å². The number of ether oxygens (including phenoxy) is 2. The topological polar surface area (TPSA) is 141 Å². The van der Waals surface area contributed by atoms with Gasteiger partial charge < -0.3 is 24.6 Å². The van der Waals surface area contributed by atoms with E-state index in [1.165, 1.54) is 6.07 Å². The zero-order chi connectivity index (χ0) is 28.9. The van der Waals surface area contributed by atoms with Crippen molar-refractivity contribution in [2.45, 2.75) is 51.9 Å². The summed E-state index contributed by atoms with van der Waals surface area (Å²) in [5.41, 5.74) is 2.20. The van der Waals surface area contributed by atoms with Crippen LogP contribution in [0.3, 0.4) is 0 Å². The Labute approximate surface area is 238 Å². The number of nitro benzene ring substituents is 1. The lowest BCUT2D eigenvalue weighted by Crippen LogP contribution is -2.37. The quantitative estimate of drug-likeness (QED) is 0.349. The molecule has 5 heterocycles. The molecule has 1 N–H and O–H groups in total. The molecule has 1 amide bonds. The fourth-order valence-corrected chi connectivity index (χ4v) is 6.07. The molecule has 3 aliphatic heterocycles. The number of hydrogen-bond acceptors (Lipinski definition) is 10. The molecule has 0 saturated carbocycles. The molecule has 13 nitrogen and oxygen atoms in total. The first-order valence-electron chi connectivity index (χ1n) is 14.2. The van der Waals surface area contributed by atoms with Crippen molar-refractivity contribution < 1.29 is 19.2 Å². The predicted octanol–water partition coefficient (Wildman–Crippen LogP) is 4.45. The van der Waals surface area contributed by atoms with Gasteiger partial charge in [0.1, 0.15) is 28.7 Å². The number of carbonyl (C=O) groups is 1. The number of imidazole rings is 1. The number of nitrogens with one attached hydrogen (secondary N) is 1. The fourth-order valence-electron chi connectivity index (χ4n) is 6.07. The third-order valence-electron chi connectivity index (χ3n) is 8.03. The molecule has 3 aliphatic rings. The van der Waals surface area contributed by atoms with E-state index in [9.17, 15) is 14.9 Å². The second-order valence-corrected chi connectivity index (χ2v) is 12.1. The number of carbonyl (C=O) groups excluding carboxylic acids is 1. The van der Waals surface area contributed by atoms with E-state index in [0.29, 0.717) is 66.8 Å². The molecule has 2 aromatic heterocycles. The number of nitro groups is 1. The van der Waals surface area contributed by atoms with Crippen LogP contribution in [-0.2, 0) is 9.47 Å². The molecule has 3 atom stereocenters. The van der Waals surface area contributed by atoms with Crippen LogP contribution in [-0.4, -0.2) is 80.9 Å². The van der Waals surface area contributed by atoms with Crippen molar-refractivity contribution in [3.63, 3.8) is 0 Å². The zero-order valence-corrected chi connectivity index (χ0v) is 23.9. The van der Waals surface area contributed by atoms with Crippen LogP contribution in [0.4, 0.5) is 22.1 Å². The Bertz CT molecular complexity index is 1460. The molecular weight excluding hydrogens is 528 g/mol. The maximum absolute atomic E-state index is 12.7. The van der Waals surface area contributed by atoms with Crippen LogP contribution in [0.15, 0.2) is 24.5 Å². The second-order valence-electron chi connectivity index (χ2n) is 12.1. The molecular formula is C28H36N8O5. The van der Waals surface area contributed by atoms with E-state index in [1.807, 2.05) is 31.4 Å². The highest BCUT2D eigenvalue weighted by Crippen LogP contribution is 2.38.